The van der Waals surface area contributed by atoms with Crippen LogP contribution in [0.15, 0.2) is 16.8 Å². The average Bonchev–Trinajstić information content (AvgIpc) is 2.92. The number of hydrogen-bond donors (Lipinski definition) is 0. The van der Waals surface area contributed by atoms with Gasteiger partial charge in [-0.3, -0.25) is 4.68 Å². The maximum atomic E-state index is 11.9. The number of sulfonamides is 1. The summed E-state index contributed by atoms with van der Waals surface area (Å²) in [6.45, 7) is 2.87. The third-order valence-corrected chi connectivity index (χ3v) is 4.54. The minimum atomic E-state index is -3.30. The molecule has 3 heterocycles. The normalized spacial score (nSPS) is 20.6. The lowest BCUT2D eigenvalue weighted by Gasteiger charge is -2.19. The van der Waals surface area contributed by atoms with Crippen LogP contribution in [0, 0.1) is 6.92 Å². The lowest BCUT2D eigenvalue weighted by atomic mass is 10.1. The quantitative estimate of drug-likeness (QED) is 0.782. The first-order chi connectivity index (χ1) is 9.43. The van der Waals surface area contributed by atoms with Crippen molar-refractivity contribution < 1.29 is 12.9 Å². The third-order valence-electron chi connectivity index (χ3n) is 3.32. The van der Waals surface area contributed by atoms with Gasteiger partial charge >= 0.3 is 0 Å². The van der Waals surface area contributed by atoms with Gasteiger partial charge in [-0.15, -0.1) is 0 Å². The van der Waals surface area contributed by atoms with Crippen molar-refractivity contribution in [3.8, 4) is 0 Å². The molecule has 20 heavy (non-hydrogen) atoms. The molecule has 2 aromatic rings. The molecule has 2 aromatic heterocycles. The van der Waals surface area contributed by atoms with Crippen LogP contribution < -0.4 is 0 Å². The molecule has 0 fully saturated rings. The summed E-state index contributed by atoms with van der Waals surface area (Å²) in [6.07, 6.45) is 2.87. The highest BCUT2D eigenvalue weighted by Crippen LogP contribution is 2.24. The molecule has 9 heteroatoms. The van der Waals surface area contributed by atoms with E-state index in [4.69, 9.17) is 4.52 Å². The lowest BCUT2D eigenvalue weighted by molar-refractivity contribution is 0.307. The highest BCUT2D eigenvalue weighted by Gasteiger charge is 2.31. The maximum absolute atomic E-state index is 11.9. The molecule has 1 aliphatic rings. The molecule has 3 rings (SSSR count). The van der Waals surface area contributed by atoms with Gasteiger partial charge in [0.25, 0.3) is 0 Å². The molecule has 0 spiro atoms. The van der Waals surface area contributed by atoms with E-state index in [-0.39, 0.29) is 5.92 Å². The van der Waals surface area contributed by atoms with E-state index in [1.165, 1.54) is 10.6 Å². The minimum absolute atomic E-state index is 0.202. The van der Waals surface area contributed by atoms with E-state index < -0.39 is 10.0 Å². The summed E-state index contributed by atoms with van der Waals surface area (Å²) in [4.78, 5) is 4.21. The first kappa shape index (κ1) is 13.3. The van der Waals surface area contributed by atoms with Crippen LogP contribution in [-0.2, 0) is 23.1 Å². The third kappa shape index (κ3) is 2.46. The molecular weight excluding hydrogens is 282 g/mol. The van der Waals surface area contributed by atoms with Gasteiger partial charge in [-0.25, -0.2) is 8.42 Å². The van der Waals surface area contributed by atoms with Crippen LogP contribution >= 0.6 is 0 Å². The summed E-state index contributed by atoms with van der Waals surface area (Å²) < 4.78 is 32.2. The molecule has 8 nitrogen and oxygen atoms in total. The predicted molar refractivity (Wildman–Crippen MR) is 69.3 cm³/mol. The van der Waals surface area contributed by atoms with Gasteiger partial charge in [-0.1, -0.05) is 5.16 Å². The Morgan fingerprint density at radius 2 is 2.20 bits per heavy atom. The van der Waals surface area contributed by atoms with Crippen molar-refractivity contribution in [2.24, 2.45) is 0 Å². The maximum Gasteiger partial charge on any atom is 0.232 e. The van der Waals surface area contributed by atoms with Crippen LogP contribution in [0.3, 0.4) is 0 Å². The zero-order valence-corrected chi connectivity index (χ0v) is 12.0. The number of aromatic nitrogens is 4. The van der Waals surface area contributed by atoms with Crippen molar-refractivity contribution >= 4 is 10.0 Å². The van der Waals surface area contributed by atoms with E-state index in [2.05, 4.69) is 15.2 Å². The lowest BCUT2D eigenvalue weighted by Crippen LogP contribution is -2.32. The summed E-state index contributed by atoms with van der Waals surface area (Å²) in [5, 5.41) is 7.99. The van der Waals surface area contributed by atoms with E-state index in [9.17, 15) is 8.42 Å². The highest BCUT2D eigenvalue weighted by atomic mass is 32.2. The van der Waals surface area contributed by atoms with Gasteiger partial charge in [-0.05, 0) is 13.0 Å². The van der Waals surface area contributed by atoms with Crippen molar-refractivity contribution in [1.29, 1.82) is 0 Å². The Morgan fingerprint density at radius 3 is 2.85 bits per heavy atom. The molecule has 0 unspecified atom stereocenters. The Hall–Kier alpha value is -1.74. The van der Waals surface area contributed by atoms with Crippen LogP contribution in [0.2, 0.25) is 0 Å². The number of nitrogens with zero attached hydrogens (tertiary/aromatic N) is 5. The molecule has 0 radical (unpaired) electrons. The summed E-state index contributed by atoms with van der Waals surface area (Å²) in [5.41, 5.74) is 0.856. The van der Waals surface area contributed by atoms with Crippen LogP contribution in [-0.4, -0.2) is 45.4 Å². The van der Waals surface area contributed by atoms with Crippen LogP contribution in [0.5, 0.6) is 0 Å². The van der Waals surface area contributed by atoms with E-state index >= 15 is 0 Å². The number of rotatable bonds is 2. The Balaban J connectivity index is 1.99. The Bertz CT molecular complexity index is 720. The van der Waals surface area contributed by atoms with E-state index in [1.54, 1.807) is 17.8 Å². The van der Waals surface area contributed by atoms with Crippen molar-refractivity contribution in [1.82, 2.24) is 24.2 Å². The van der Waals surface area contributed by atoms with E-state index in [0.29, 0.717) is 31.3 Å². The Morgan fingerprint density at radius 1 is 1.40 bits per heavy atom. The van der Waals surface area contributed by atoms with Crippen LogP contribution in [0.4, 0.5) is 0 Å². The second-order valence-corrected chi connectivity index (χ2v) is 6.92. The molecule has 0 N–H and O–H groups in total. The fourth-order valence-corrected chi connectivity index (χ4v) is 3.12. The first-order valence-electron chi connectivity index (χ1n) is 6.19. The van der Waals surface area contributed by atoms with Crippen molar-refractivity contribution in [2.75, 3.05) is 12.8 Å². The summed E-state index contributed by atoms with van der Waals surface area (Å²) in [7, 11) is -3.30. The van der Waals surface area contributed by atoms with Crippen LogP contribution in [0.1, 0.15) is 23.3 Å². The van der Waals surface area contributed by atoms with Gasteiger partial charge in [0.05, 0.1) is 31.0 Å². The van der Waals surface area contributed by atoms with Crippen molar-refractivity contribution in [3.63, 3.8) is 0 Å². The fraction of sp³-hybridized carbons (Fsp3) is 0.545. The summed E-state index contributed by atoms with van der Waals surface area (Å²) in [6, 6.07) is 1.82. The molecule has 0 bridgehead atoms. The zero-order valence-electron chi connectivity index (χ0n) is 11.2. The average molecular weight is 297 g/mol. The molecule has 0 saturated heterocycles. The topological polar surface area (TPSA) is 94.1 Å². The van der Waals surface area contributed by atoms with Crippen molar-refractivity contribution in [2.45, 2.75) is 25.9 Å². The molecule has 0 saturated carbocycles. The van der Waals surface area contributed by atoms with Gasteiger partial charge in [-0.2, -0.15) is 14.4 Å². The van der Waals surface area contributed by atoms with Gasteiger partial charge in [0.2, 0.25) is 15.9 Å². The number of fused-ring (bicyclic) bond motifs is 1. The highest BCUT2D eigenvalue weighted by molar-refractivity contribution is 7.88. The van der Waals surface area contributed by atoms with Crippen LogP contribution in [0.25, 0.3) is 0 Å². The second kappa shape index (κ2) is 4.67. The van der Waals surface area contributed by atoms with Gasteiger partial charge in [0.15, 0.2) is 5.82 Å². The first-order valence-corrected chi connectivity index (χ1v) is 8.04. The summed E-state index contributed by atoms with van der Waals surface area (Å²) >= 11 is 0. The second-order valence-electron chi connectivity index (χ2n) is 4.94. The molecular formula is C11H15N5O3S. The van der Waals surface area contributed by atoms with E-state index in [1.807, 2.05) is 6.07 Å². The Kier molecular flexibility index (Phi) is 3.09. The van der Waals surface area contributed by atoms with Gasteiger partial charge in [0.1, 0.15) is 0 Å². The minimum Gasteiger partial charge on any atom is -0.339 e. The van der Waals surface area contributed by atoms with E-state index in [0.717, 1.165) is 5.69 Å². The molecule has 0 aliphatic carbocycles. The smallest absolute Gasteiger partial charge is 0.232 e. The fourth-order valence-electron chi connectivity index (χ4n) is 2.30. The number of hydrogen-bond acceptors (Lipinski definition) is 6. The predicted octanol–water partition coefficient (Wildman–Crippen LogP) is 0.134. The molecule has 108 valence electrons. The molecule has 1 aliphatic heterocycles. The Labute approximate surface area is 116 Å². The summed E-state index contributed by atoms with van der Waals surface area (Å²) in [5.74, 6) is 0.780. The van der Waals surface area contributed by atoms with Crippen molar-refractivity contribution in [3.05, 3.63) is 29.7 Å². The largest absolute Gasteiger partial charge is 0.339 e. The van der Waals surface area contributed by atoms with Gasteiger partial charge in [0, 0.05) is 12.7 Å². The zero-order chi connectivity index (χ0) is 14.3. The van der Waals surface area contributed by atoms with Gasteiger partial charge < -0.3 is 4.52 Å². The SMILES string of the molecule is Cc1noc([C@@H]2CN(S(C)(=O)=O)Cc3ccnn3C2)n1. The molecule has 0 aromatic carbocycles. The monoisotopic (exact) mass is 297 g/mol. The molecule has 0 amide bonds. The molecule has 1 atom stereocenters. The standard InChI is InChI=1S/C11H15N5O3S/c1-8-13-11(19-14-8)9-5-15(20(2,17)18)7-10-3-4-12-16(10)6-9/h3-4,9H,5-7H2,1-2H3/t9-/m1/s1. The number of aryl methyl sites for hydroxylation is 1.